The number of esters is 1. The number of H-pyrrole nitrogens is 1. The minimum atomic E-state index is -0.956. The number of hydrogen-bond acceptors (Lipinski definition) is 8. The number of aliphatic hydroxyl groups excluding tert-OH is 1. The third kappa shape index (κ3) is 4.02. The topological polar surface area (TPSA) is 160 Å². The SMILES string of the molecule is CC(C)(C)c1[nH]nc(N)c1C#N.NC1=C(O)OC2(CCCCC2)OC1=O. The van der Waals surface area contributed by atoms with Crippen LogP contribution in [0.5, 0.6) is 0 Å². The average Bonchev–Trinajstić information content (AvgIpc) is 2.95. The van der Waals surface area contributed by atoms with E-state index in [2.05, 4.69) is 10.2 Å². The van der Waals surface area contributed by atoms with Crippen molar-refractivity contribution < 1.29 is 19.4 Å². The molecule has 6 N–H and O–H groups in total. The molecular weight excluding hydrogens is 338 g/mol. The van der Waals surface area contributed by atoms with Gasteiger partial charge in [-0.25, -0.2) is 4.79 Å². The molecule has 0 aromatic carbocycles. The molecule has 1 aliphatic carbocycles. The highest BCUT2D eigenvalue weighted by molar-refractivity contribution is 5.88. The molecule has 0 radical (unpaired) electrons. The van der Waals surface area contributed by atoms with E-state index in [1.54, 1.807) is 0 Å². The number of nitrogens with two attached hydrogens (primary N) is 2. The molecule has 9 heteroatoms. The van der Waals surface area contributed by atoms with Crippen molar-refractivity contribution >= 4 is 11.8 Å². The van der Waals surface area contributed by atoms with Gasteiger partial charge >= 0.3 is 11.9 Å². The predicted molar refractivity (Wildman–Crippen MR) is 93.3 cm³/mol. The zero-order chi connectivity index (χ0) is 19.5. The number of carbonyl (C=O) groups is 1. The largest absolute Gasteiger partial charge is 0.479 e. The van der Waals surface area contributed by atoms with Crippen molar-refractivity contribution in [2.24, 2.45) is 5.73 Å². The molecule has 142 valence electrons. The molecule has 2 aliphatic rings. The molecule has 0 unspecified atom stereocenters. The maximum absolute atomic E-state index is 11.2. The summed E-state index contributed by atoms with van der Waals surface area (Å²) in [7, 11) is 0. The maximum atomic E-state index is 11.2. The fourth-order valence-corrected chi connectivity index (χ4v) is 2.87. The standard InChI is InChI=1S/C9H13NO4.C8H12N4/c10-6-7(11)13-9(14-8(6)12)4-2-1-3-5-9;1-8(2,3)6-5(4-9)7(10)12-11-6/h11H,1-5,10H2;1-3H3,(H3,10,11,12). The number of nitrogens with zero attached hydrogens (tertiary/aromatic N) is 2. The van der Waals surface area contributed by atoms with Crippen LogP contribution in [0.4, 0.5) is 5.82 Å². The molecule has 26 heavy (non-hydrogen) atoms. The predicted octanol–water partition coefficient (Wildman–Crippen LogP) is 2.07. The van der Waals surface area contributed by atoms with Crippen LogP contribution >= 0.6 is 0 Å². The first-order chi connectivity index (χ1) is 12.1. The van der Waals surface area contributed by atoms with E-state index in [0.717, 1.165) is 25.0 Å². The molecule has 2 heterocycles. The number of aliphatic hydroxyl groups is 1. The molecule has 0 atom stereocenters. The number of nitriles is 1. The Labute approximate surface area is 151 Å². The zero-order valence-corrected chi connectivity index (χ0v) is 15.3. The second kappa shape index (κ2) is 7.15. The molecule has 1 aromatic heterocycles. The number of carbonyl (C=O) groups excluding carboxylic acids is 1. The Balaban J connectivity index is 0.000000190. The number of aromatic amines is 1. The van der Waals surface area contributed by atoms with E-state index in [0.29, 0.717) is 18.4 Å². The van der Waals surface area contributed by atoms with Gasteiger partial charge in [0.1, 0.15) is 11.6 Å². The number of aromatic nitrogens is 2. The highest BCUT2D eigenvalue weighted by atomic mass is 16.8. The van der Waals surface area contributed by atoms with Crippen LogP contribution in [0.15, 0.2) is 11.6 Å². The number of ether oxygens (including phenoxy) is 2. The number of rotatable bonds is 0. The molecular formula is C17H25N5O4. The average molecular weight is 363 g/mol. The summed E-state index contributed by atoms with van der Waals surface area (Å²) in [6, 6.07) is 2.03. The van der Waals surface area contributed by atoms with Crippen LogP contribution in [0.2, 0.25) is 0 Å². The van der Waals surface area contributed by atoms with E-state index >= 15 is 0 Å². The van der Waals surface area contributed by atoms with Crippen molar-refractivity contribution in [3.05, 3.63) is 22.9 Å². The van der Waals surface area contributed by atoms with Gasteiger partial charge in [-0.05, 0) is 12.8 Å². The molecule has 3 rings (SSSR count). The van der Waals surface area contributed by atoms with Gasteiger partial charge in [0, 0.05) is 18.3 Å². The summed E-state index contributed by atoms with van der Waals surface area (Å²) in [4.78, 5) is 11.2. The normalized spacial score (nSPS) is 19.1. The van der Waals surface area contributed by atoms with E-state index in [9.17, 15) is 9.90 Å². The number of nitrogens with one attached hydrogen (secondary N) is 1. The third-order valence-electron chi connectivity index (χ3n) is 4.28. The number of hydrogen-bond donors (Lipinski definition) is 4. The molecule has 0 amide bonds. The second-order valence-corrected chi connectivity index (χ2v) is 7.40. The monoisotopic (exact) mass is 363 g/mol. The third-order valence-corrected chi connectivity index (χ3v) is 4.28. The zero-order valence-electron chi connectivity index (χ0n) is 15.3. The summed E-state index contributed by atoms with van der Waals surface area (Å²) >= 11 is 0. The van der Waals surface area contributed by atoms with Gasteiger partial charge in [-0.2, -0.15) is 10.4 Å². The lowest BCUT2D eigenvalue weighted by atomic mass is 9.90. The first-order valence-corrected chi connectivity index (χ1v) is 8.45. The summed E-state index contributed by atoms with van der Waals surface area (Å²) in [5, 5.41) is 24.6. The summed E-state index contributed by atoms with van der Waals surface area (Å²) in [5.41, 5.74) is 11.5. The van der Waals surface area contributed by atoms with Gasteiger partial charge in [0.25, 0.3) is 5.79 Å². The minimum Gasteiger partial charge on any atom is -0.479 e. The van der Waals surface area contributed by atoms with Gasteiger partial charge in [0.2, 0.25) is 0 Å². The van der Waals surface area contributed by atoms with E-state index in [-0.39, 0.29) is 16.9 Å². The smallest absolute Gasteiger partial charge is 0.364 e. The van der Waals surface area contributed by atoms with Gasteiger partial charge in [0.15, 0.2) is 11.5 Å². The van der Waals surface area contributed by atoms with Crippen LogP contribution in [-0.2, 0) is 19.7 Å². The van der Waals surface area contributed by atoms with Crippen molar-refractivity contribution in [2.45, 2.75) is 64.1 Å². The van der Waals surface area contributed by atoms with Gasteiger partial charge in [0.05, 0.1) is 5.69 Å². The van der Waals surface area contributed by atoms with Gasteiger partial charge in [-0.1, -0.05) is 27.2 Å². The lowest BCUT2D eigenvalue weighted by molar-refractivity contribution is -0.249. The highest BCUT2D eigenvalue weighted by Gasteiger charge is 2.44. The molecule has 1 fully saturated rings. The van der Waals surface area contributed by atoms with E-state index in [4.69, 9.17) is 26.2 Å². The molecule has 1 aromatic rings. The first kappa shape index (κ1) is 19.4. The van der Waals surface area contributed by atoms with Crippen molar-refractivity contribution in [3.63, 3.8) is 0 Å². The van der Waals surface area contributed by atoms with Crippen LogP contribution in [0.3, 0.4) is 0 Å². The Hall–Kier alpha value is -2.89. The molecule has 1 saturated carbocycles. The molecule has 1 aliphatic heterocycles. The molecule has 0 bridgehead atoms. The van der Waals surface area contributed by atoms with Crippen molar-refractivity contribution in [3.8, 4) is 6.07 Å². The van der Waals surface area contributed by atoms with Crippen molar-refractivity contribution in [1.29, 1.82) is 5.26 Å². The Bertz CT molecular complexity index is 748. The lowest BCUT2D eigenvalue weighted by Crippen LogP contribution is -2.45. The maximum Gasteiger partial charge on any atom is 0.364 e. The minimum absolute atomic E-state index is 0.115. The van der Waals surface area contributed by atoms with Gasteiger partial charge in [-0.15, -0.1) is 0 Å². The number of nitrogen functional groups attached to an aromatic ring is 1. The Morgan fingerprint density at radius 1 is 1.23 bits per heavy atom. The highest BCUT2D eigenvalue weighted by Crippen LogP contribution is 2.37. The van der Waals surface area contributed by atoms with Crippen molar-refractivity contribution in [1.82, 2.24) is 10.2 Å². The summed E-state index contributed by atoms with van der Waals surface area (Å²) in [6.45, 7) is 6.00. The lowest BCUT2D eigenvalue weighted by Gasteiger charge is -2.38. The van der Waals surface area contributed by atoms with Gasteiger partial charge < -0.3 is 26.0 Å². The van der Waals surface area contributed by atoms with Gasteiger partial charge in [-0.3, -0.25) is 5.10 Å². The van der Waals surface area contributed by atoms with E-state index in [1.165, 1.54) is 0 Å². The van der Waals surface area contributed by atoms with Crippen LogP contribution < -0.4 is 11.5 Å². The van der Waals surface area contributed by atoms with Crippen LogP contribution in [-0.4, -0.2) is 27.1 Å². The summed E-state index contributed by atoms with van der Waals surface area (Å²) in [5.74, 6) is -1.86. The summed E-state index contributed by atoms with van der Waals surface area (Å²) in [6.07, 6.45) is 4.20. The molecule has 9 nitrogen and oxygen atoms in total. The molecule has 1 spiro atoms. The fraction of sp³-hybridized carbons (Fsp3) is 0.588. The Morgan fingerprint density at radius 3 is 2.31 bits per heavy atom. The molecule has 0 saturated heterocycles. The van der Waals surface area contributed by atoms with E-state index < -0.39 is 17.7 Å². The first-order valence-electron chi connectivity index (χ1n) is 8.45. The summed E-state index contributed by atoms with van der Waals surface area (Å²) < 4.78 is 10.3. The van der Waals surface area contributed by atoms with E-state index in [1.807, 2.05) is 26.8 Å². The van der Waals surface area contributed by atoms with Crippen LogP contribution in [0, 0.1) is 11.3 Å². The fourth-order valence-electron chi connectivity index (χ4n) is 2.87. The van der Waals surface area contributed by atoms with Crippen LogP contribution in [0.1, 0.15) is 64.1 Å². The van der Waals surface area contributed by atoms with Crippen molar-refractivity contribution in [2.75, 3.05) is 5.73 Å². The Kier molecular flexibility index (Phi) is 5.35. The van der Waals surface area contributed by atoms with Crippen LogP contribution in [0.25, 0.3) is 0 Å². The number of anilines is 1. The Morgan fingerprint density at radius 2 is 1.85 bits per heavy atom. The second-order valence-electron chi connectivity index (χ2n) is 7.40. The quantitative estimate of drug-likeness (QED) is 0.509.